The summed E-state index contributed by atoms with van der Waals surface area (Å²) in [7, 11) is 3.02. The van der Waals surface area contributed by atoms with Gasteiger partial charge in [0.25, 0.3) is 0 Å². The summed E-state index contributed by atoms with van der Waals surface area (Å²) in [6, 6.07) is -0.200. The van der Waals surface area contributed by atoms with Crippen LogP contribution in [0.4, 0.5) is 0 Å². The number of ether oxygens (including phenoxy) is 7. The molecule has 0 bridgehead atoms. The Morgan fingerprint density at radius 3 is 1.90 bits per heavy atom. The number of likely N-dealkylation sites (N-methyl/N-ethyl adjacent to an activating group) is 1. The van der Waals surface area contributed by atoms with Crippen LogP contribution in [0.3, 0.4) is 0 Å². The Morgan fingerprint density at radius 1 is 0.879 bits per heavy atom. The average molecular weight is 862 g/mol. The minimum atomic E-state index is -3.92. The van der Waals surface area contributed by atoms with Crippen LogP contribution in [0.2, 0.25) is 0 Å². The highest BCUT2D eigenvalue weighted by Gasteiger charge is 2.54. The third-order valence-corrected chi connectivity index (χ3v) is 12.4. The van der Waals surface area contributed by atoms with Crippen molar-refractivity contribution in [2.24, 2.45) is 23.7 Å². The van der Waals surface area contributed by atoms with Crippen LogP contribution in [0.1, 0.15) is 94.9 Å². The summed E-state index contributed by atoms with van der Waals surface area (Å²) in [4.78, 5) is 29.2. The molecule has 0 spiro atoms. The maximum absolute atomic E-state index is 14.2. The second kappa shape index (κ2) is 21.6. The van der Waals surface area contributed by atoms with E-state index in [0.29, 0.717) is 12.7 Å². The van der Waals surface area contributed by atoms with Gasteiger partial charge in [-0.1, -0.05) is 27.7 Å². The van der Waals surface area contributed by atoms with Crippen LogP contribution in [0.15, 0.2) is 0 Å². The fourth-order valence-electron chi connectivity index (χ4n) is 8.67. The first kappa shape index (κ1) is 54.6. The van der Waals surface area contributed by atoms with E-state index in [4.69, 9.17) is 46.1 Å². The number of ketones is 1. The van der Waals surface area contributed by atoms with Crippen molar-refractivity contribution in [3.63, 3.8) is 0 Å². The molecule has 18 nitrogen and oxygen atoms in total. The van der Waals surface area contributed by atoms with Gasteiger partial charge in [0.05, 0.1) is 71.9 Å². The Bertz CT molecular complexity index is 1410. The summed E-state index contributed by atoms with van der Waals surface area (Å²) in [6.45, 7) is 17.1. The molecule has 3 aliphatic heterocycles. The lowest BCUT2D eigenvalue weighted by molar-refractivity contribution is -0.893. The van der Waals surface area contributed by atoms with Crippen molar-refractivity contribution in [1.29, 1.82) is 0 Å². The number of esters is 1. The minimum absolute atomic E-state index is 0. The van der Waals surface area contributed by atoms with Crippen molar-refractivity contribution in [1.82, 2.24) is 0 Å². The van der Waals surface area contributed by atoms with Gasteiger partial charge in [-0.25, -0.2) is 8.42 Å². The Kier molecular flexibility index (Phi) is 20.3. The standard InChI is InChI=1S/C38H69NO13.CH4O3S.H2O/c1-15-26-38(10,45)31(42)21(4)28(40)19(2)17-37(9,47-14)33(52-35-29(41)25(39(11)12)16-20(3)48-35)22(5)30(23(6)34(44)50-26)51-27-18-36(8,46-13)32(43)24(7)49-27;1-5(2,3)4;/h19-27,29-33,35,41-43,45H,15-18H2,1-14H3;1H3,(H,2,3,4);1H2/t19-,20+,21+,22-,23+,24-,25-,26-,27-,29+,30-,31+,32-,33+,35-,36+,37+,38+;;/m0../s1. The molecule has 58 heavy (non-hydrogen) atoms. The lowest BCUT2D eigenvalue weighted by atomic mass is 9.74. The first-order valence-electron chi connectivity index (χ1n) is 19.9. The fraction of sp³-hybridized carbons (Fsp3) is 0.949. The SMILES string of the molecule is CC[C@@H]1OC(=O)[C@H](C)[C@@H](O[C@H]2C[C@@](C)(OC)[C@@H](O)[C@H](C)O2)[C@H](C)[C@@H](O[C@@H]2O[C@H](C)C[C@H]([NH+](C)C)[C@H]2O)[C@](C)(OC)C[C@H](C)C(=O)[C@@H](C)[C@@H](O)[C@]1(C)O.CS(=O)(=O)[O-].O. The topological polar surface area (TPSA) is 273 Å². The molecule has 3 rings (SSSR count). The number of methoxy groups -OCH3 is 2. The van der Waals surface area contributed by atoms with Gasteiger partial charge in [0.1, 0.15) is 29.6 Å². The van der Waals surface area contributed by atoms with E-state index >= 15 is 0 Å². The maximum Gasteiger partial charge on any atom is 0.311 e. The van der Waals surface area contributed by atoms with Gasteiger partial charge in [0.15, 0.2) is 18.7 Å². The van der Waals surface area contributed by atoms with Gasteiger partial charge in [-0.15, -0.1) is 0 Å². The summed E-state index contributed by atoms with van der Waals surface area (Å²) in [5.74, 6) is -4.44. The third kappa shape index (κ3) is 13.3. The Hall–Kier alpha value is -1.43. The van der Waals surface area contributed by atoms with E-state index in [1.54, 1.807) is 48.5 Å². The van der Waals surface area contributed by atoms with Crippen molar-refractivity contribution < 1.29 is 86.5 Å². The predicted octanol–water partition coefficient (Wildman–Crippen LogP) is -0.641. The van der Waals surface area contributed by atoms with Gasteiger partial charge in [-0.2, -0.15) is 0 Å². The molecule has 0 amide bonds. The second-order valence-electron chi connectivity index (χ2n) is 17.5. The van der Waals surface area contributed by atoms with E-state index in [1.807, 2.05) is 27.9 Å². The maximum atomic E-state index is 14.2. The van der Waals surface area contributed by atoms with Crippen LogP contribution in [0.5, 0.6) is 0 Å². The van der Waals surface area contributed by atoms with Crippen LogP contribution < -0.4 is 4.90 Å². The van der Waals surface area contributed by atoms with Crippen LogP contribution in [-0.4, -0.2) is 169 Å². The molecular formula is C39H75NO17S. The lowest BCUT2D eigenvalue weighted by Gasteiger charge is -2.49. The molecule has 3 heterocycles. The number of hydrogen-bond donors (Lipinski definition) is 5. The zero-order chi connectivity index (χ0) is 44.2. The van der Waals surface area contributed by atoms with Crippen LogP contribution in [0.25, 0.3) is 0 Å². The highest BCUT2D eigenvalue weighted by molar-refractivity contribution is 7.84. The van der Waals surface area contributed by atoms with Gasteiger partial charge in [-0.3, -0.25) is 9.59 Å². The van der Waals surface area contributed by atoms with Crippen LogP contribution >= 0.6 is 0 Å². The minimum Gasteiger partial charge on any atom is -0.748 e. The van der Waals surface area contributed by atoms with E-state index in [1.165, 1.54) is 21.1 Å². The van der Waals surface area contributed by atoms with E-state index < -0.39 is 112 Å². The lowest BCUT2D eigenvalue weighted by Crippen LogP contribution is -3.12. The molecule has 18 atom stereocenters. The number of quaternary nitrogens is 1. The molecule has 3 aliphatic rings. The predicted molar refractivity (Wildman–Crippen MR) is 209 cm³/mol. The third-order valence-electron chi connectivity index (χ3n) is 12.4. The number of aliphatic hydroxyl groups excluding tert-OH is 3. The number of cyclic esters (lactones) is 1. The molecule has 0 radical (unpaired) electrons. The van der Waals surface area contributed by atoms with E-state index in [0.717, 1.165) is 4.90 Å². The summed E-state index contributed by atoms with van der Waals surface area (Å²) in [6.07, 6.45) is -7.97. The Balaban J connectivity index is 0.00000263. The van der Waals surface area contributed by atoms with Crippen molar-refractivity contribution in [3.8, 4) is 0 Å². The number of nitrogens with one attached hydrogen (secondary N) is 1. The highest BCUT2D eigenvalue weighted by Crippen LogP contribution is 2.41. The van der Waals surface area contributed by atoms with Crippen molar-refractivity contribution in [2.45, 2.75) is 179 Å². The summed E-state index contributed by atoms with van der Waals surface area (Å²) < 4.78 is 71.1. The quantitative estimate of drug-likeness (QED) is 0.150. The van der Waals surface area contributed by atoms with Gasteiger partial charge < -0.3 is 68.5 Å². The monoisotopic (exact) mass is 861 g/mol. The number of aliphatic hydroxyl groups is 4. The molecule has 0 saturated carbocycles. The molecule has 7 N–H and O–H groups in total. The number of Topliss-reactive ketones (excluding diaryl/α,β-unsaturated/α-hetero) is 1. The van der Waals surface area contributed by atoms with Gasteiger partial charge >= 0.3 is 5.97 Å². The van der Waals surface area contributed by atoms with E-state index in [2.05, 4.69) is 0 Å². The number of carbonyl (C=O) groups excluding carboxylic acids is 2. The van der Waals surface area contributed by atoms with Crippen LogP contribution in [-0.2, 0) is 52.9 Å². The van der Waals surface area contributed by atoms with Gasteiger partial charge in [0, 0.05) is 51.1 Å². The number of hydrogen-bond acceptors (Lipinski definition) is 16. The molecule has 0 aromatic heterocycles. The van der Waals surface area contributed by atoms with Crippen molar-refractivity contribution in [2.75, 3.05) is 34.6 Å². The van der Waals surface area contributed by atoms with Crippen molar-refractivity contribution >= 4 is 21.9 Å². The molecule has 0 unspecified atom stereocenters. The average Bonchev–Trinajstić information content (AvgIpc) is 3.11. The number of rotatable bonds is 8. The van der Waals surface area contributed by atoms with E-state index in [-0.39, 0.29) is 42.7 Å². The van der Waals surface area contributed by atoms with Crippen LogP contribution in [0, 0.1) is 23.7 Å². The molecular weight excluding hydrogens is 786 g/mol. The van der Waals surface area contributed by atoms with Gasteiger partial charge in [0.2, 0.25) is 0 Å². The normalized spacial score (nSPS) is 44.9. The molecule has 0 aromatic carbocycles. The zero-order valence-corrected chi connectivity index (χ0v) is 37.9. The van der Waals surface area contributed by atoms with E-state index in [9.17, 15) is 30.0 Å². The fourth-order valence-corrected chi connectivity index (χ4v) is 8.67. The first-order valence-corrected chi connectivity index (χ1v) is 21.7. The molecule has 0 aromatic rings. The molecule has 3 fully saturated rings. The summed E-state index contributed by atoms with van der Waals surface area (Å²) >= 11 is 0. The van der Waals surface area contributed by atoms with Crippen molar-refractivity contribution in [3.05, 3.63) is 0 Å². The second-order valence-corrected chi connectivity index (χ2v) is 18.9. The zero-order valence-electron chi connectivity index (χ0n) is 37.1. The number of carbonyl (C=O) groups is 2. The molecule has 344 valence electrons. The summed E-state index contributed by atoms with van der Waals surface area (Å²) in [5.41, 5.74) is -4.23. The smallest absolute Gasteiger partial charge is 0.311 e. The molecule has 0 aliphatic carbocycles. The first-order chi connectivity index (χ1) is 26.0. The van der Waals surface area contributed by atoms with Gasteiger partial charge in [-0.05, 0) is 54.4 Å². The summed E-state index contributed by atoms with van der Waals surface area (Å²) in [5, 5.41) is 45.6. The molecule has 19 heteroatoms. The Labute approximate surface area is 345 Å². The molecule has 3 saturated heterocycles. The highest BCUT2D eigenvalue weighted by atomic mass is 32.2. The largest absolute Gasteiger partial charge is 0.748 e. The Morgan fingerprint density at radius 2 is 1.41 bits per heavy atom.